The van der Waals surface area contributed by atoms with Crippen LogP contribution < -0.4 is 0 Å². The van der Waals surface area contributed by atoms with E-state index in [0.29, 0.717) is 13.0 Å². The molecule has 0 N–H and O–H groups in total. The van der Waals surface area contributed by atoms with Crippen LogP contribution in [0.15, 0.2) is 30.3 Å². The van der Waals surface area contributed by atoms with Crippen molar-refractivity contribution in [1.29, 1.82) is 5.26 Å². The number of ether oxygens (including phenoxy) is 1. The molecule has 4 nitrogen and oxygen atoms in total. The van der Waals surface area contributed by atoms with Crippen LogP contribution in [-0.4, -0.2) is 29.8 Å². The summed E-state index contributed by atoms with van der Waals surface area (Å²) >= 11 is 0. The Labute approximate surface area is 111 Å². The molecule has 1 fully saturated rings. The van der Waals surface area contributed by atoms with Gasteiger partial charge in [-0.3, -0.25) is 0 Å². The molecule has 0 aromatic heterocycles. The number of rotatable bonds is 2. The Morgan fingerprint density at radius 2 is 2.21 bits per heavy atom. The molecule has 0 saturated carbocycles. The van der Waals surface area contributed by atoms with E-state index in [1.54, 1.807) is 6.07 Å². The summed E-state index contributed by atoms with van der Waals surface area (Å²) in [6.45, 7) is 0.375. The first-order chi connectivity index (χ1) is 9.13. The van der Waals surface area contributed by atoms with Crippen LogP contribution >= 0.6 is 0 Å². The minimum atomic E-state index is -1.94. The zero-order chi connectivity index (χ0) is 13.7. The summed E-state index contributed by atoms with van der Waals surface area (Å²) in [6.07, 6.45) is 0.0806. The maximum atomic E-state index is 13.9. The van der Waals surface area contributed by atoms with Crippen molar-refractivity contribution in [3.05, 3.63) is 35.9 Å². The quantitative estimate of drug-likeness (QED) is 0.823. The Kier molecular flexibility index (Phi) is 4.00. The zero-order valence-corrected chi connectivity index (χ0v) is 10.5. The summed E-state index contributed by atoms with van der Waals surface area (Å²) in [4.78, 5) is 13.1. The summed E-state index contributed by atoms with van der Waals surface area (Å²) in [5.74, 6) is 0. The van der Waals surface area contributed by atoms with E-state index in [0.717, 1.165) is 5.56 Å². The highest BCUT2D eigenvalue weighted by Gasteiger charge is 2.37. The van der Waals surface area contributed by atoms with E-state index in [2.05, 4.69) is 0 Å². The van der Waals surface area contributed by atoms with Crippen LogP contribution in [0.4, 0.5) is 9.18 Å². The molecule has 1 aliphatic heterocycles. The normalized spacial score (nSPS) is 22.6. The summed E-state index contributed by atoms with van der Waals surface area (Å²) in [7, 11) is 0. The second kappa shape index (κ2) is 5.70. The molecule has 1 aromatic rings. The molecule has 5 heteroatoms. The van der Waals surface area contributed by atoms with Gasteiger partial charge in [0, 0.05) is 6.54 Å². The molecule has 2 rings (SSSR count). The summed E-state index contributed by atoms with van der Waals surface area (Å²) < 4.78 is 19.0. The summed E-state index contributed by atoms with van der Waals surface area (Å²) in [5, 5.41) is 8.75. The van der Waals surface area contributed by atoms with Crippen molar-refractivity contribution in [1.82, 2.24) is 4.90 Å². The first-order valence-electron chi connectivity index (χ1n) is 6.19. The minimum absolute atomic E-state index is 0.155. The number of nitriles is 1. The van der Waals surface area contributed by atoms with Crippen molar-refractivity contribution in [2.24, 2.45) is 0 Å². The van der Waals surface area contributed by atoms with Crippen LogP contribution in [0.1, 0.15) is 18.4 Å². The monoisotopic (exact) mass is 262 g/mol. The third kappa shape index (κ3) is 3.44. The van der Waals surface area contributed by atoms with Gasteiger partial charge >= 0.3 is 6.09 Å². The van der Waals surface area contributed by atoms with Gasteiger partial charge in [0.15, 0.2) is 0 Å². The number of hydrogen-bond donors (Lipinski definition) is 0. The van der Waals surface area contributed by atoms with Gasteiger partial charge in [-0.25, -0.2) is 9.18 Å². The molecule has 1 amide bonds. The summed E-state index contributed by atoms with van der Waals surface area (Å²) in [5.41, 5.74) is -1.07. The van der Waals surface area contributed by atoms with Crippen molar-refractivity contribution in [3.63, 3.8) is 0 Å². The molecule has 0 radical (unpaired) electrons. The van der Waals surface area contributed by atoms with Crippen LogP contribution in [0.5, 0.6) is 0 Å². The fourth-order valence-electron chi connectivity index (χ4n) is 2.07. The Hall–Kier alpha value is -2.09. The molecule has 19 heavy (non-hydrogen) atoms. The second-order valence-electron chi connectivity index (χ2n) is 4.64. The van der Waals surface area contributed by atoms with Crippen molar-refractivity contribution >= 4 is 6.09 Å². The lowest BCUT2D eigenvalue weighted by Gasteiger charge is -2.32. The van der Waals surface area contributed by atoms with Crippen molar-refractivity contribution in [2.75, 3.05) is 13.1 Å². The SMILES string of the molecule is N#CC1(F)CCCN(C(=O)OCc2ccccc2)C1. The molecule has 1 saturated heterocycles. The Balaban J connectivity index is 1.88. The van der Waals surface area contributed by atoms with E-state index in [-0.39, 0.29) is 19.6 Å². The van der Waals surface area contributed by atoms with E-state index < -0.39 is 11.8 Å². The van der Waals surface area contributed by atoms with E-state index in [9.17, 15) is 9.18 Å². The first kappa shape index (κ1) is 13.3. The number of benzene rings is 1. The average Bonchev–Trinajstić information content (AvgIpc) is 2.46. The van der Waals surface area contributed by atoms with Gasteiger partial charge < -0.3 is 9.64 Å². The van der Waals surface area contributed by atoms with Crippen LogP contribution in [0.25, 0.3) is 0 Å². The molecule has 0 bridgehead atoms. The zero-order valence-electron chi connectivity index (χ0n) is 10.5. The van der Waals surface area contributed by atoms with Gasteiger partial charge in [-0.2, -0.15) is 5.26 Å². The predicted octanol–water partition coefficient (Wildman–Crippen LogP) is 2.65. The van der Waals surface area contributed by atoms with Gasteiger partial charge in [-0.1, -0.05) is 30.3 Å². The van der Waals surface area contributed by atoms with Gasteiger partial charge in [0.25, 0.3) is 0 Å². The lowest BCUT2D eigenvalue weighted by atomic mass is 9.97. The molecule has 1 unspecified atom stereocenters. The third-order valence-electron chi connectivity index (χ3n) is 3.11. The second-order valence-corrected chi connectivity index (χ2v) is 4.64. The standard InChI is InChI=1S/C14H15FN2O2/c15-14(10-16)7-4-8-17(11-14)13(18)19-9-12-5-2-1-3-6-12/h1-3,5-6H,4,7-9,11H2. The highest BCUT2D eigenvalue weighted by atomic mass is 19.1. The molecule has 1 aliphatic rings. The first-order valence-corrected chi connectivity index (χ1v) is 6.19. The number of hydrogen-bond acceptors (Lipinski definition) is 3. The number of halogens is 1. The predicted molar refractivity (Wildman–Crippen MR) is 66.9 cm³/mol. The fourth-order valence-corrected chi connectivity index (χ4v) is 2.07. The van der Waals surface area contributed by atoms with Crippen LogP contribution in [0.2, 0.25) is 0 Å². The highest BCUT2D eigenvalue weighted by Crippen LogP contribution is 2.24. The molecule has 1 atom stereocenters. The van der Waals surface area contributed by atoms with E-state index in [1.807, 2.05) is 30.3 Å². The van der Waals surface area contributed by atoms with Gasteiger partial charge in [0.1, 0.15) is 12.7 Å². The Morgan fingerprint density at radius 3 is 2.89 bits per heavy atom. The van der Waals surface area contributed by atoms with E-state index >= 15 is 0 Å². The fraction of sp³-hybridized carbons (Fsp3) is 0.429. The Morgan fingerprint density at radius 1 is 1.47 bits per heavy atom. The van der Waals surface area contributed by atoms with Crippen molar-refractivity contribution in [2.45, 2.75) is 25.1 Å². The lowest BCUT2D eigenvalue weighted by molar-refractivity contribution is 0.0533. The number of carbonyl (C=O) groups excluding carboxylic acids is 1. The van der Waals surface area contributed by atoms with Gasteiger partial charge in [-0.15, -0.1) is 0 Å². The average molecular weight is 262 g/mol. The van der Waals surface area contributed by atoms with Gasteiger partial charge in [0.05, 0.1) is 6.54 Å². The number of amides is 1. The molecule has 1 heterocycles. The number of alkyl halides is 1. The molecule has 0 spiro atoms. The van der Waals surface area contributed by atoms with Crippen molar-refractivity contribution < 1.29 is 13.9 Å². The number of likely N-dealkylation sites (tertiary alicyclic amines) is 1. The lowest BCUT2D eigenvalue weighted by Crippen LogP contribution is -2.47. The smallest absolute Gasteiger partial charge is 0.410 e. The largest absolute Gasteiger partial charge is 0.445 e. The number of carbonyl (C=O) groups is 1. The topological polar surface area (TPSA) is 53.3 Å². The van der Waals surface area contributed by atoms with Gasteiger partial charge in [0.2, 0.25) is 5.67 Å². The van der Waals surface area contributed by atoms with E-state index in [1.165, 1.54) is 4.90 Å². The maximum Gasteiger partial charge on any atom is 0.410 e. The van der Waals surface area contributed by atoms with Crippen molar-refractivity contribution in [3.8, 4) is 6.07 Å². The molecular weight excluding hydrogens is 247 g/mol. The van der Waals surface area contributed by atoms with Crippen LogP contribution in [-0.2, 0) is 11.3 Å². The molecule has 0 aliphatic carbocycles. The highest BCUT2D eigenvalue weighted by molar-refractivity contribution is 5.68. The molecule has 100 valence electrons. The third-order valence-corrected chi connectivity index (χ3v) is 3.11. The maximum absolute atomic E-state index is 13.9. The number of piperidine rings is 1. The van der Waals surface area contributed by atoms with Gasteiger partial charge in [-0.05, 0) is 18.4 Å². The van der Waals surface area contributed by atoms with E-state index in [4.69, 9.17) is 10.00 Å². The van der Waals surface area contributed by atoms with Crippen LogP contribution in [0, 0.1) is 11.3 Å². The molecular formula is C14H15FN2O2. The molecule has 1 aromatic carbocycles. The minimum Gasteiger partial charge on any atom is -0.445 e. The number of nitrogens with zero attached hydrogens (tertiary/aromatic N) is 2. The Bertz CT molecular complexity index is 486. The summed E-state index contributed by atoms with van der Waals surface area (Å²) in [6, 6.07) is 10.9. The van der Waals surface area contributed by atoms with Crippen LogP contribution in [0.3, 0.4) is 0 Å².